The lowest BCUT2D eigenvalue weighted by molar-refractivity contribution is 0.0693. The van der Waals surface area contributed by atoms with Gasteiger partial charge in [-0.15, -0.1) is 0 Å². The maximum absolute atomic E-state index is 13.9. The minimum absolute atomic E-state index is 0.0660. The van der Waals surface area contributed by atoms with Gasteiger partial charge in [0.25, 0.3) is 11.8 Å². The fourth-order valence-corrected chi connectivity index (χ4v) is 3.62. The number of nitrogens with one attached hydrogen (secondary N) is 1. The van der Waals surface area contributed by atoms with E-state index < -0.39 is 17.5 Å². The van der Waals surface area contributed by atoms with Gasteiger partial charge in [0.15, 0.2) is 0 Å². The van der Waals surface area contributed by atoms with E-state index >= 15 is 0 Å². The van der Waals surface area contributed by atoms with Crippen LogP contribution in [0.3, 0.4) is 0 Å². The summed E-state index contributed by atoms with van der Waals surface area (Å²) in [6.45, 7) is 0.792. The molecule has 2 aromatic carbocycles. The predicted octanol–water partition coefficient (Wildman–Crippen LogP) is 3.79. The number of benzene rings is 2. The first-order valence-corrected chi connectivity index (χ1v) is 9.80. The van der Waals surface area contributed by atoms with Crippen molar-refractivity contribution in [2.75, 3.05) is 13.1 Å². The number of carbonyl (C=O) groups excluding carboxylic acids is 2. The minimum atomic E-state index is -0.862. The summed E-state index contributed by atoms with van der Waals surface area (Å²) in [6.07, 6.45) is 5.01. The maximum atomic E-state index is 13.9. The second-order valence-electron chi connectivity index (χ2n) is 7.30. The summed E-state index contributed by atoms with van der Waals surface area (Å²) in [7, 11) is 0. The van der Waals surface area contributed by atoms with Gasteiger partial charge < -0.3 is 14.8 Å². The molecule has 0 radical (unpaired) electrons. The molecule has 1 N–H and O–H groups in total. The van der Waals surface area contributed by atoms with Crippen LogP contribution in [0.5, 0.6) is 0 Å². The summed E-state index contributed by atoms with van der Waals surface area (Å²) >= 11 is 0. The Morgan fingerprint density at radius 3 is 2.23 bits per heavy atom. The molecule has 0 unspecified atom stereocenters. The van der Waals surface area contributed by atoms with Crippen LogP contribution < -0.4 is 5.32 Å². The number of hydrogen-bond acceptors (Lipinski definition) is 2. The molecular formula is C23H21F2N3O2. The average Bonchev–Trinajstić information content (AvgIpc) is 3.29. The summed E-state index contributed by atoms with van der Waals surface area (Å²) in [5.74, 6) is -2.20. The summed E-state index contributed by atoms with van der Waals surface area (Å²) < 4.78 is 28.9. The summed E-state index contributed by atoms with van der Waals surface area (Å²) in [4.78, 5) is 26.6. The SMILES string of the molecule is O=C(NC1CCN(C(=O)c2ccc(F)cc2F)CC1)c1ccc(-n2cccc2)cc1. The molecule has 154 valence electrons. The second kappa shape index (κ2) is 8.49. The first-order valence-electron chi connectivity index (χ1n) is 9.80. The smallest absolute Gasteiger partial charge is 0.256 e. The quantitative estimate of drug-likeness (QED) is 0.713. The zero-order valence-electron chi connectivity index (χ0n) is 16.2. The van der Waals surface area contributed by atoms with Crippen LogP contribution in [0.1, 0.15) is 33.6 Å². The lowest BCUT2D eigenvalue weighted by Gasteiger charge is -2.32. The van der Waals surface area contributed by atoms with Crippen LogP contribution in [0.2, 0.25) is 0 Å². The van der Waals surface area contributed by atoms with Gasteiger partial charge in [0, 0.05) is 48.8 Å². The molecule has 0 saturated carbocycles. The molecule has 5 nitrogen and oxygen atoms in total. The Hall–Kier alpha value is -3.48. The van der Waals surface area contributed by atoms with E-state index in [-0.39, 0.29) is 17.5 Å². The van der Waals surface area contributed by atoms with Crippen molar-refractivity contribution in [3.63, 3.8) is 0 Å². The van der Waals surface area contributed by atoms with Crippen molar-refractivity contribution in [1.29, 1.82) is 0 Å². The van der Waals surface area contributed by atoms with Crippen molar-refractivity contribution in [2.45, 2.75) is 18.9 Å². The second-order valence-corrected chi connectivity index (χ2v) is 7.30. The van der Waals surface area contributed by atoms with Crippen LogP contribution >= 0.6 is 0 Å². The zero-order chi connectivity index (χ0) is 21.1. The number of likely N-dealkylation sites (tertiary alicyclic amines) is 1. The summed E-state index contributed by atoms with van der Waals surface area (Å²) in [6, 6.07) is 14.1. The molecule has 1 fully saturated rings. The third-order valence-electron chi connectivity index (χ3n) is 5.31. The average molecular weight is 409 g/mol. The monoisotopic (exact) mass is 409 g/mol. The van der Waals surface area contributed by atoms with Crippen LogP contribution in [-0.2, 0) is 0 Å². The van der Waals surface area contributed by atoms with E-state index in [4.69, 9.17) is 0 Å². The number of amides is 2. The Labute approximate surface area is 172 Å². The van der Waals surface area contributed by atoms with Crippen LogP contribution in [0.15, 0.2) is 67.0 Å². The largest absolute Gasteiger partial charge is 0.349 e. The Balaban J connectivity index is 1.32. The molecule has 0 bridgehead atoms. The van der Waals surface area contributed by atoms with Crippen molar-refractivity contribution < 1.29 is 18.4 Å². The van der Waals surface area contributed by atoms with Crippen LogP contribution in [0.25, 0.3) is 5.69 Å². The maximum Gasteiger partial charge on any atom is 0.256 e. The predicted molar refractivity (Wildman–Crippen MR) is 109 cm³/mol. The highest BCUT2D eigenvalue weighted by Gasteiger charge is 2.26. The van der Waals surface area contributed by atoms with Crippen molar-refractivity contribution >= 4 is 11.8 Å². The molecule has 2 heterocycles. The van der Waals surface area contributed by atoms with E-state index in [2.05, 4.69) is 5.32 Å². The topological polar surface area (TPSA) is 54.3 Å². The number of nitrogens with zero attached hydrogens (tertiary/aromatic N) is 2. The number of piperidine rings is 1. The molecule has 7 heteroatoms. The lowest BCUT2D eigenvalue weighted by Crippen LogP contribution is -2.46. The number of hydrogen-bond donors (Lipinski definition) is 1. The van der Waals surface area contributed by atoms with Gasteiger partial charge in [-0.2, -0.15) is 0 Å². The molecule has 30 heavy (non-hydrogen) atoms. The highest BCUT2D eigenvalue weighted by atomic mass is 19.1. The van der Waals surface area contributed by atoms with Gasteiger partial charge in [0.2, 0.25) is 0 Å². The first kappa shape index (κ1) is 19.8. The fourth-order valence-electron chi connectivity index (χ4n) is 3.62. The molecule has 1 aromatic heterocycles. The summed E-state index contributed by atoms with van der Waals surface area (Å²) in [5.41, 5.74) is 1.40. The Morgan fingerprint density at radius 2 is 1.60 bits per heavy atom. The van der Waals surface area contributed by atoms with E-state index in [1.807, 2.05) is 41.2 Å². The lowest BCUT2D eigenvalue weighted by atomic mass is 10.0. The number of rotatable bonds is 4. The van der Waals surface area contributed by atoms with Crippen LogP contribution in [0.4, 0.5) is 8.78 Å². The van der Waals surface area contributed by atoms with Gasteiger partial charge in [-0.3, -0.25) is 9.59 Å². The van der Waals surface area contributed by atoms with Crippen molar-refractivity contribution in [1.82, 2.24) is 14.8 Å². The van der Waals surface area contributed by atoms with Gasteiger partial charge in [0.1, 0.15) is 11.6 Å². The van der Waals surface area contributed by atoms with Crippen molar-refractivity contribution in [3.8, 4) is 5.69 Å². The highest BCUT2D eigenvalue weighted by Crippen LogP contribution is 2.18. The Morgan fingerprint density at radius 1 is 0.933 bits per heavy atom. The number of halogens is 2. The van der Waals surface area contributed by atoms with Gasteiger partial charge in [0.05, 0.1) is 5.56 Å². The normalized spacial score (nSPS) is 14.5. The van der Waals surface area contributed by atoms with Crippen molar-refractivity contribution in [2.24, 2.45) is 0 Å². The standard InChI is InChI=1S/C23H21F2N3O2/c24-17-5-8-20(21(25)15-17)23(30)28-13-9-18(10-14-28)26-22(29)16-3-6-19(7-4-16)27-11-1-2-12-27/h1-8,11-12,15,18H,9-10,13-14H2,(H,26,29). The van der Waals surface area contributed by atoms with E-state index in [0.29, 0.717) is 37.6 Å². The molecule has 1 aliphatic rings. The van der Waals surface area contributed by atoms with Crippen molar-refractivity contribution in [3.05, 3.63) is 89.8 Å². The Bertz CT molecular complexity index is 1040. The Kier molecular flexibility index (Phi) is 5.61. The molecule has 0 aliphatic carbocycles. The van der Waals surface area contributed by atoms with Gasteiger partial charge in [-0.05, 0) is 61.4 Å². The first-order chi connectivity index (χ1) is 14.5. The summed E-state index contributed by atoms with van der Waals surface area (Å²) in [5, 5.41) is 3.00. The zero-order valence-corrected chi connectivity index (χ0v) is 16.2. The van der Waals surface area contributed by atoms with Gasteiger partial charge in [-0.1, -0.05) is 0 Å². The number of carbonyl (C=O) groups is 2. The van der Waals surface area contributed by atoms with E-state index in [0.717, 1.165) is 17.8 Å². The molecule has 3 aromatic rings. The molecule has 0 spiro atoms. The fraction of sp³-hybridized carbons (Fsp3) is 0.217. The van der Waals surface area contributed by atoms with Gasteiger partial charge >= 0.3 is 0 Å². The number of aromatic nitrogens is 1. The molecule has 2 amide bonds. The molecule has 1 saturated heterocycles. The van der Waals surface area contributed by atoms with E-state index in [1.54, 1.807) is 12.1 Å². The molecule has 4 rings (SSSR count). The highest BCUT2D eigenvalue weighted by molar-refractivity contribution is 5.95. The molecular weight excluding hydrogens is 388 g/mol. The van der Waals surface area contributed by atoms with E-state index in [1.165, 1.54) is 4.90 Å². The van der Waals surface area contributed by atoms with Gasteiger partial charge in [-0.25, -0.2) is 8.78 Å². The van der Waals surface area contributed by atoms with Crippen LogP contribution in [0, 0.1) is 11.6 Å². The molecule has 0 atom stereocenters. The third kappa shape index (κ3) is 4.25. The minimum Gasteiger partial charge on any atom is -0.349 e. The molecule has 1 aliphatic heterocycles. The van der Waals surface area contributed by atoms with Crippen LogP contribution in [-0.4, -0.2) is 40.4 Å². The third-order valence-corrected chi connectivity index (χ3v) is 5.31. The van der Waals surface area contributed by atoms with E-state index in [9.17, 15) is 18.4 Å².